The molecule has 8 heteroatoms. The molecule has 0 radical (unpaired) electrons. The highest BCUT2D eigenvalue weighted by molar-refractivity contribution is 8.13. The molecule has 0 N–H and O–H groups in total. The molecule has 2 aromatic carbocycles. The average molecular weight is 419 g/mol. The molecule has 1 fully saturated rings. The Labute approximate surface area is 167 Å². The Balaban J connectivity index is 1.66. The first-order chi connectivity index (χ1) is 13.3. The zero-order chi connectivity index (χ0) is 19.9. The van der Waals surface area contributed by atoms with Crippen LogP contribution in [0.2, 0.25) is 0 Å². The number of hydrogen-bond donors (Lipinski definition) is 0. The second kappa shape index (κ2) is 7.33. The second-order valence-corrected chi connectivity index (χ2v) is 10.1. The normalized spacial score (nSPS) is 22.8. The number of hydrogen-bond acceptors (Lipinski definition) is 6. The van der Waals surface area contributed by atoms with Crippen molar-refractivity contribution in [2.24, 2.45) is 4.99 Å². The van der Waals surface area contributed by atoms with Crippen LogP contribution in [0.15, 0.2) is 53.5 Å². The van der Waals surface area contributed by atoms with Crippen molar-refractivity contribution < 1.29 is 17.6 Å². The Bertz CT molecular complexity index is 1070. The van der Waals surface area contributed by atoms with Crippen LogP contribution < -0.4 is 4.90 Å². The fraction of sp³-hybridized carbons (Fsp3) is 0.300. The van der Waals surface area contributed by atoms with E-state index in [2.05, 4.69) is 4.99 Å². The summed E-state index contributed by atoms with van der Waals surface area (Å²) >= 11 is 1.38. The topological polar surface area (TPSA) is 66.8 Å². The van der Waals surface area contributed by atoms with Crippen LogP contribution in [0.3, 0.4) is 0 Å². The van der Waals surface area contributed by atoms with Crippen LogP contribution in [0.4, 0.5) is 10.1 Å². The van der Waals surface area contributed by atoms with E-state index in [1.165, 1.54) is 24.8 Å². The van der Waals surface area contributed by atoms with Crippen molar-refractivity contribution in [3.8, 4) is 0 Å². The third-order valence-corrected chi connectivity index (χ3v) is 7.67. The average Bonchev–Trinajstić information content (AvgIpc) is 3.12. The number of carbonyl (C=O) groups is 1. The van der Waals surface area contributed by atoms with Gasteiger partial charge in [0.2, 0.25) is 0 Å². The van der Waals surface area contributed by atoms with E-state index in [0.29, 0.717) is 22.0 Å². The van der Waals surface area contributed by atoms with Gasteiger partial charge >= 0.3 is 0 Å². The summed E-state index contributed by atoms with van der Waals surface area (Å²) in [6.07, 6.45) is 0. The molecule has 0 amide bonds. The third-order valence-electron chi connectivity index (χ3n) is 4.95. The predicted molar refractivity (Wildman–Crippen MR) is 110 cm³/mol. The number of fused-ring (bicyclic) bond motifs is 1. The van der Waals surface area contributed by atoms with Crippen LogP contribution in [-0.2, 0) is 15.6 Å². The molecule has 2 aliphatic heterocycles. The van der Waals surface area contributed by atoms with Gasteiger partial charge in [-0.25, -0.2) is 12.8 Å². The summed E-state index contributed by atoms with van der Waals surface area (Å²) in [6, 6.07) is 13.1. The van der Waals surface area contributed by atoms with Crippen LogP contribution in [0.1, 0.15) is 22.8 Å². The molecule has 0 unspecified atom stereocenters. The Kier molecular flexibility index (Phi) is 5.01. The van der Waals surface area contributed by atoms with E-state index in [4.69, 9.17) is 0 Å². The lowest BCUT2D eigenvalue weighted by molar-refractivity contribution is 0.101. The van der Waals surface area contributed by atoms with Crippen molar-refractivity contribution in [1.82, 2.24) is 0 Å². The number of aliphatic imine (C=N–C) groups is 1. The number of Topliss-reactive ketones (excluding diaryl/α,β-unsaturated/α-hetero) is 1. The summed E-state index contributed by atoms with van der Waals surface area (Å²) in [5.74, 6) is 0.0933. The number of benzene rings is 2. The van der Waals surface area contributed by atoms with E-state index in [-0.39, 0.29) is 35.2 Å². The molecular weight excluding hydrogens is 399 g/mol. The molecule has 1 saturated heterocycles. The molecule has 4 rings (SSSR count). The van der Waals surface area contributed by atoms with Crippen LogP contribution in [0.5, 0.6) is 0 Å². The minimum atomic E-state index is -3.16. The Morgan fingerprint density at radius 1 is 1.21 bits per heavy atom. The van der Waals surface area contributed by atoms with Gasteiger partial charge in [0.25, 0.3) is 0 Å². The number of amidine groups is 1. The van der Waals surface area contributed by atoms with Crippen molar-refractivity contribution in [1.29, 1.82) is 0 Å². The zero-order valence-electron chi connectivity index (χ0n) is 15.2. The van der Waals surface area contributed by atoms with Gasteiger partial charge in [0.1, 0.15) is 5.82 Å². The highest BCUT2D eigenvalue weighted by Gasteiger charge is 2.47. The molecule has 0 aliphatic carbocycles. The smallest absolute Gasteiger partial charge is 0.164 e. The van der Waals surface area contributed by atoms with E-state index in [9.17, 15) is 17.6 Å². The van der Waals surface area contributed by atoms with Crippen molar-refractivity contribution >= 4 is 38.2 Å². The lowest BCUT2D eigenvalue weighted by Gasteiger charge is -2.26. The number of thioether (sulfide) groups is 1. The predicted octanol–water partition coefficient (Wildman–Crippen LogP) is 3.30. The fourth-order valence-electron chi connectivity index (χ4n) is 3.57. The first kappa shape index (κ1) is 19.1. The lowest BCUT2D eigenvalue weighted by Crippen LogP contribution is -2.39. The van der Waals surface area contributed by atoms with Crippen LogP contribution in [-0.4, -0.2) is 43.0 Å². The van der Waals surface area contributed by atoms with E-state index in [0.717, 1.165) is 5.69 Å². The molecule has 0 aromatic heterocycles. The largest absolute Gasteiger partial charge is 0.315 e. The Hall–Kier alpha value is -2.19. The van der Waals surface area contributed by atoms with Gasteiger partial charge in [0.15, 0.2) is 20.8 Å². The molecular formula is C20H19FN2O3S2. The number of halogens is 1. The number of rotatable bonds is 4. The summed E-state index contributed by atoms with van der Waals surface area (Å²) < 4.78 is 38.2. The standard InChI is InChI=1S/C20H19FN2O3S2/c1-13(24)14-6-4-7-16(9-14)23-19-12-28(25,26)11-18(19)22-20(23)27-10-15-5-2-3-8-17(15)21/h2-9,18-19H,10-12H2,1H3/t18-,19-/m0/s1. The minimum absolute atomic E-state index is 0.0182. The van der Waals surface area contributed by atoms with Crippen molar-refractivity contribution in [2.45, 2.75) is 24.8 Å². The molecule has 0 saturated carbocycles. The molecule has 2 aliphatic rings. The molecule has 0 bridgehead atoms. The summed E-state index contributed by atoms with van der Waals surface area (Å²) in [7, 11) is -3.16. The highest BCUT2D eigenvalue weighted by Crippen LogP contribution is 2.36. The Morgan fingerprint density at radius 2 is 2.00 bits per heavy atom. The summed E-state index contributed by atoms with van der Waals surface area (Å²) in [6.45, 7) is 1.49. The highest BCUT2D eigenvalue weighted by atomic mass is 32.2. The number of anilines is 1. The summed E-state index contributed by atoms with van der Waals surface area (Å²) in [4.78, 5) is 18.3. The third kappa shape index (κ3) is 3.71. The second-order valence-electron chi connectivity index (χ2n) is 6.98. The SMILES string of the molecule is CC(=O)c1cccc(N2C(SCc3ccccc3F)=N[C@H]3CS(=O)(=O)C[C@@H]32)c1. The molecule has 146 valence electrons. The summed E-state index contributed by atoms with van der Waals surface area (Å²) in [5.41, 5.74) is 1.86. The van der Waals surface area contributed by atoms with E-state index in [1.807, 2.05) is 11.0 Å². The van der Waals surface area contributed by atoms with Gasteiger partial charge in [0.05, 0.1) is 23.6 Å². The maximum Gasteiger partial charge on any atom is 0.164 e. The molecule has 5 nitrogen and oxygen atoms in total. The quantitative estimate of drug-likeness (QED) is 0.713. The lowest BCUT2D eigenvalue weighted by atomic mass is 10.1. The first-order valence-corrected chi connectivity index (χ1v) is 11.7. The minimum Gasteiger partial charge on any atom is -0.315 e. The maximum absolute atomic E-state index is 14.0. The van der Waals surface area contributed by atoms with E-state index >= 15 is 0 Å². The van der Waals surface area contributed by atoms with Crippen molar-refractivity contribution in [3.63, 3.8) is 0 Å². The van der Waals surface area contributed by atoms with E-state index < -0.39 is 9.84 Å². The zero-order valence-corrected chi connectivity index (χ0v) is 16.8. The monoisotopic (exact) mass is 418 g/mol. The molecule has 2 heterocycles. The molecule has 0 spiro atoms. The summed E-state index contributed by atoms with van der Waals surface area (Å²) in [5, 5.41) is 0.661. The maximum atomic E-state index is 14.0. The molecule has 2 aromatic rings. The molecule has 2 atom stereocenters. The number of ketones is 1. The number of sulfone groups is 1. The van der Waals surface area contributed by atoms with Gasteiger partial charge in [-0.3, -0.25) is 9.79 Å². The molecule has 28 heavy (non-hydrogen) atoms. The van der Waals surface area contributed by atoms with Crippen LogP contribution >= 0.6 is 11.8 Å². The van der Waals surface area contributed by atoms with Gasteiger partial charge in [-0.1, -0.05) is 42.1 Å². The van der Waals surface area contributed by atoms with Gasteiger partial charge in [0, 0.05) is 17.0 Å². The Morgan fingerprint density at radius 3 is 2.75 bits per heavy atom. The van der Waals surface area contributed by atoms with Gasteiger partial charge in [-0.15, -0.1) is 0 Å². The van der Waals surface area contributed by atoms with Gasteiger partial charge in [-0.05, 0) is 30.7 Å². The number of nitrogens with zero attached hydrogens (tertiary/aromatic N) is 2. The fourth-order valence-corrected chi connectivity index (χ4v) is 6.52. The van der Waals surface area contributed by atoms with Crippen LogP contribution in [0.25, 0.3) is 0 Å². The number of carbonyl (C=O) groups excluding carboxylic acids is 1. The van der Waals surface area contributed by atoms with Gasteiger partial charge < -0.3 is 4.90 Å². The van der Waals surface area contributed by atoms with Crippen LogP contribution in [0, 0.1) is 5.82 Å². The van der Waals surface area contributed by atoms with E-state index in [1.54, 1.807) is 36.4 Å². The van der Waals surface area contributed by atoms with Crippen molar-refractivity contribution in [3.05, 3.63) is 65.5 Å². The van der Waals surface area contributed by atoms with Crippen molar-refractivity contribution in [2.75, 3.05) is 16.4 Å². The van der Waals surface area contributed by atoms with Gasteiger partial charge in [-0.2, -0.15) is 0 Å². The first-order valence-electron chi connectivity index (χ1n) is 8.89.